The van der Waals surface area contributed by atoms with Crippen LogP contribution in [0.4, 0.5) is 13.2 Å². The fourth-order valence-corrected chi connectivity index (χ4v) is 7.57. The third kappa shape index (κ3) is 6.43. The van der Waals surface area contributed by atoms with E-state index in [-0.39, 0.29) is 53.1 Å². The van der Waals surface area contributed by atoms with E-state index in [1.54, 1.807) is 0 Å². The second kappa shape index (κ2) is 11.2. The van der Waals surface area contributed by atoms with Crippen LogP contribution in [0.15, 0.2) is 76.5 Å². The molecule has 1 aliphatic heterocycles. The molecule has 15 heteroatoms. The molecule has 1 saturated heterocycles. The molecule has 1 amide bonds. The number of aromatic carboxylic acids is 1. The monoisotopic (exact) mass is 611 g/mol. The number of carboxylic acids is 1. The molecule has 0 spiro atoms. The highest BCUT2D eigenvalue weighted by Gasteiger charge is 2.39. The van der Waals surface area contributed by atoms with Gasteiger partial charge in [0.25, 0.3) is 0 Å². The summed E-state index contributed by atoms with van der Waals surface area (Å²) in [6, 6.07) is 12.2. The van der Waals surface area contributed by atoms with Crippen LogP contribution >= 0.6 is 0 Å². The highest BCUT2D eigenvalue weighted by Crippen LogP contribution is 2.38. The van der Waals surface area contributed by atoms with E-state index in [1.165, 1.54) is 42.5 Å². The van der Waals surface area contributed by atoms with Crippen LogP contribution in [0.1, 0.15) is 39.1 Å². The highest BCUT2D eigenvalue weighted by molar-refractivity contribution is 7.89. The second-order valence-corrected chi connectivity index (χ2v) is 12.9. The number of carbonyl (C=O) groups excluding carboxylic acids is 1. The summed E-state index contributed by atoms with van der Waals surface area (Å²) in [7, 11) is -8.81. The molecule has 0 aliphatic carbocycles. The number of piperidine rings is 1. The number of rotatable bonds is 8. The predicted molar refractivity (Wildman–Crippen MR) is 141 cm³/mol. The molecule has 0 saturated carbocycles. The first-order valence-electron chi connectivity index (χ1n) is 12.1. The normalized spacial score (nSPS) is 15.5. The van der Waals surface area contributed by atoms with Crippen molar-refractivity contribution in [3.8, 4) is 11.1 Å². The number of hydrogen-bond acceptors (Lipinski definition) is 6. The Morgan fingerprint density at radius 1 is 0.927 bits per heavy atom. The van der Waals surface area contributed by atoms with E-state index in [0.29, 0.717) is 6.07 Å². The fraction of sp³-hybridized carbons (Fsp3) is 0.231. The van der Waals surface area contributed by atoms with Gasteiger partial charge in [0.05, 0.1) is 20.9 Å². The third-order valence-electron chi connectivity index (χ3n) is 6.57. The Morgan fingerprint density at radius 2 is 1.59 bits per heavy atom. The van der Waals surface area contributed by atoms with Crippen molar-refractivity contribution in [1.29, 1.82) is 0 Å². The van der Waals surface area contributed by atoms with Crippen molar-refractivity contribution in [2.45, 2.75) is 34.9 Å². The number of benzene rings is 3. The van der Waals surface area contributed by atoms with E-state index >= 15 is 0 Å². The zero-order valence-corrected chi connectivity index (χ0v) is 22.8. The molecular weight excluding hydrogens is 587 g/mol. The number of nitrogens with zero attached hydrogens (tertiary/aromatic N) is 1. The molecule has 1 aliphatic rings. The molecule has 0 aromatic heterocycles. The Kier molecular flexibility index (Phi) is 8.27. The van der Waals surface area contributed by atoms with Gasteiger partial charge < -0.3 is 10.8 Å². The van der Waals surface area contributed by atoms with Crippen molar-refractivity contribution >= 4 is 31.9 Å². The van der Waals surface area contributed by atoms with Gasteiger partial charge in [0.15, 0.2) is 0 Å². The van der Waals surface area contributed by atoms with Crippen molar-refractivity contribution in [2.75, 3.05) is 13.1 Å². The summed E-state index contributed by atoms with van der Waals surface area (Å²) >= 11 is 0. The van der Waals surface area contributed by atoms with E-state index in [1.807, 2.05) is 0 Å². The number of nitrogens with one attached hydrogen (secondary N) is 1. The van der Waals surface area contributed by atoms with Gasteiger partial charge in [-0.25, -0.2) is 26.4 Å². The molecule has 218 valence electrons. The van der Waals surface area contributed by atoms with Crippen LogP contribution in [0.25, 0.3) is 11.1 Å². The second-order valence-electron chi connectivity index (χ2n) is 9.25. The average Bonchev–Trinajstić information content (AvgIpc) is 2.92. The number of amides is 1. The topological polar surface area (TPSA) is 164 Å². The summed E-state index contributed by atoms with van der Waals surface area (Å²) in [5.74, 6) is -2.17. The van der Waals surface area contributed by atoms with E-state index in [0.717, 1.165) is 22.5 Å². The van der Waals surface area contributed by atoms with Crippen molar-refractivity contribution in [3.63, 3.8) is 0 Å². The molecule has 3 aromatic rings. The van der Waals surface area contributed by atoms with Gasteiger partial charge in [0, 0.05) is 24.7 Å². The highest BCUT2D eigenvalue weighted by atomic mass is 32.2. The maximum atomic E-state index is 14.0. The van der Waals surface area contributed by atoms with Gasteiger partial charge in [0.1, 0.15) is 0 Å². The van der Waals surface area contributed by atoms with Crippen LogP contribution in [-0.2, 0) is 26.2 Å². The molecule has 0 radical (unpaired) electrons. The molecule has 4 N–H and O–H groups in total. The van der Waals surface area contributed by atoms with Crippen LogP contribution in [0.5, 0.6) is 0 Å². The minimum atomic E-state index is -5.07. The maximum Gasteiger partial charge on any atom is 0.417 e. The number of carboxylic acid groups (broad SMARTS) is 1. The van der Waals surface area contributed by atoms with Crippen LogP contribution in [-0.4, -0.2) is 57.3 Å². The molecule has 4 rings (SSSR count). The SMILES string of the molecule is NC(=O)c1ccccc1-c1ccc(S(=O)(=O)NC2CCN(S(=O)(=O)c3cccc(C(=O)O)c3)CC2)c(C(F)(F)F)c1. The number of sulfonamides is 2. The first-order valence-corrected chi connectivity index (χ1v) is 15.0. The smallest absolute Gasteiger partial charge is 0.417 e. The quantitative estimate of drug-likeness (QED) is 0.352. The lowest BCUT2D eigenvalue weighted by molar-refractivity contribution is -0.139. The van der Waals surface area contributed by atoms with Crippen molar-refractivity contribution in [1.82, 2.24) is 9.03 Å². The van der Waals surface area contributed by atoms with Gasteiger partial charge in [-0.15, -0.1) is 0 Å². The van der Waals surface area contributed by atoms with Gasteiger partial charge in [-0.3, -0.25) is 4.79 Å². The molecule has 1 fully saturated rings. The summed E-state index contributed by atoms with van der Waals surface area (Å²) in [5, 5.41) is 9.14. The summed E-state index contributed by atoms with van der Waals surface area (Å²) in [5.41, 5.74) is 3.67. The third-order valence-corrected chi connectivity index (χ3v) is 10.0. The minimum Gasteiger partial charge on any atom is -0.478 e. The first kappa shape index (κ1) is 30.2. The molecule has 0 bridgehead atoms. The van der Waals surface area contributed by atoms with Crippen molar-refractivity contribution in [2.24, 2.45) is 5.73 Å². The summed E-state index contributed by atoms with van der Waals surface area (Å²) in [6.45, 7) is -0.302. The molecule has 1 heterocycles. The van der Waals surface area contributed by atoms with Gasteiger partial charge >= 0.3 is 12.1 Å². The van der Waals surface area contributed by atoms with Crippen LogP contribution < -0.4 is 10.5 Å². The zero-order valence-electron chi connectivity index (χ0n) is 21.1. The molecule has 0 unspecified atom stereocenters. The van der Waals surface area contributed by atoms with E-state index in [9.17, 15) is 39.6 Å². The number of carbonyl (C=O) groups is 2. The zero-order chi connectivity index (χ0) is 30.2. The maximum absolute atomic E-state index is 14.0. The molecular formula is C26H24F3N3O7S2. The molecule has 3 aromatic carbocycles. The Balaban J connectivity index is 1.56. The minimum absolute atomic E-state index is 0.0363. The molecule has 10 nitrogen and oxygen atoms in total. The van der Waals surface area contributed by atoms with Crippen molar-refractivity contribution < 1.29 is 44.7 Å². The Hall–Kier alpha value is -3.79. The number of nitrogens with two attached hydrogens (primary N) is 1. The summed E-state index contributed by atoms with van der Waals surface area (Å²) in [6.07, 6.45) is -5.14. The van der Waals surface area contributed by atoms with Gasteiger partial charge in [0.2, 0.25) is 26.0 Å². The van der Waals surface area contributed by atoms with Gasteiger partial charge in [-0.2, -0.15) is 17.5 Å². The summed E-state index contributed by atoms with van der Waals surface area (Å²) in [4.78, 5) is 21.7. The largest absolute Gasteiger partial charge is 0.478 e. The number of primary amides is 1. The lowest BCUT2D eigenvalue weighted by Crippen LogP contribution is -2.46. The number of halogens is 3. The van der Waals surface area contributed by atoms with Gasteiger partial charge in [-0.1, -0.05) is 30.3 Å². The molecule has 0 atom stereocenters. The van der Waals surface area contributed by atoms with Crippen molar-refractivity contribution in [3.05, 3.63) is 83.4 Å². The van der Waals surface area contributed by atoms with Gasteiger partial charge in [-0.05, 0) is 60.4 Å². The average molecular weight is 612 g/mol. The van der Waals surface area contributed by atoms with Crippen LogP contribution in [0, 0.1) is 0 Å². The molecule has 41 heavy (non-hydrogen) atoms. The van der Waals surface area contributed by atoms with Crippen LogP contribution in [0.2, 0.25) is 0 Å². The number of alkyl halides is 3. The van der Waals surface area contributed by atoms with E-state index < -0.39 is 54.6 Å². The number of hydrogen-bond donors (Lipinski definition) is 3. The Bertz CT molecular complexity index is 1720. The lowest BCUT2D eigenvalue weighted by atomic mass is 9.97. The summed E-state index contributed by atoms with van der Waals surface area (Å²) < 4.78 is 97.6. The lowest BCUT2D eigenvalue weighted by Gasteiger charge is -2.31. The van der Waals surface area contributed by atoms with E-state index in [2.05, 4.69) is 4.72 Å². The fourth-order valence-electron chi connectivity index (χ4n) is 4.54. The van der Waals surface area contributed by atoms with E-state index in [4.69, 9.17) is 10.8 Å². The Morgan fingerprint density at radius 3 is 2.20 bits per heavy atom. The first-order chi connectivity index (χ1) is 19.1. The Labute approximate surface area is 233 Å². The predicted octanol–water partition coefficient (Wildman–Crippen LogP) is 3.30. The standard InChI is InChI=1S/C26H24F3N3O7S2/c27-26(28,29)22-15-16(20-6-1-2-7-21(20)24(30)33)8-9-23(22)40(36,37)31-18-10-12-32(13-11-18)41(38,39)19-5-3-4-17(14-19)25(34)35/h1-9,14-15,18,31H,10-13H2,(H2,30,33)(H,34,35). The van der Waals surface area contributed by atoms with Crippen LogP contribution in [0.3, 0.4) is 0 Å².